The number of nitrogens with one attached hydrogen (secondary N) is 6. The first-order chi connectivity index (χ1) is 34.9. The lowest BCUT2D eigenvalue weighted by Crippen LogP contribution is -2.32. The first kappa shape index (κ1) is 60.2. The second-order valence-electron chi connectivity index (χ2n) is 19.7. The van der Waals surface area contributed by atoms with Crippen LogP contribution in [0.3, 0.4) is 0 Å². The number of methoxy groups -OCH3 is 1. The van der Waals surface area contributed by atoms with E-state index in [0.29, 0.717) is 37.6 Å². The molecule has 0 aliphatic carbocycles. The van der Waals surface area contributed by atoms with Gasteiger partial charge in [-0.25, -0.2) is 14.4 Å². The zero-order valence-electron chi connectivity index (χ0n) is 45.0. The fourth-order valence-electron chi connectivity index (χ4n) is 6.29. The van der Waals surface area contributed by atoms with Crippen molar-refractivity contribution in [3.05, 3.63) is 173 Å². The van der Waals surface area contributed by atoms with Crippen molar-refractivity contribution in [2.75, 3.05) is 46.9 Å². The molecule has 6 aromatic carbocycles. The summed E-state index contributed by atoms with van der Waals surface area (Å²) < 4.78 is 20.5. The minimum absolute atomic E-state index is 0.377. The maximum atomic E-state index is 11.8. The van der Waals surface area contributed by atoms with Crippen molar-refractivity contribution < 1.29 is 33.3 Å². The van der Waals surface area contributed by atoms with Crippen LogP contribution >= 0.6 is 0 Å². The highest BCUT2D eigenvalue weighted by molar-refractivity contribution is 5.84. The Morgan fingerprint density at radius 1 is 0.473 bits per heavy atom. The molecule has 0 heterocycles. The van der Waals surface area contributed by atoms with Crippen molar-refractivity contribution in [3.63, 3.8) is 0 Å². The Bertz CT molecular complexity index is 2610. The van der Waals surface area contributed by atoms with Gasteiger partial charge in [0.25, 0.3) is 0 Å². The number of nitrogen functional groups attached to an aromatic ring is 2. The Hall–Kier alpha value is -8.11. The minimum atomic E-state index is -0.499. The third kappa shape index (κ3) is 25.3. The number of alkyl carbamates (subject to hydrolysis) is 2. The molecule has 16 nitrogen and oxygen atoms in total. The number of rotatable bonds is 14. The average Bonchev–Trinajstić information content (AvgIpc) is 3.34. The summed E-state index contributed by atoms with van der Waals surface area (Å²) in [5, 5.41) is 18.0. The van der Waals surface area contributed by atoms with Gasteiger partial charge in [-0.15, -0.1) is 0 Å². The molecule has 0 spiro atoms. The van der Waals surface area contributed by atoms with Crippen LogP contribution in [-0.2, 0) is 46.9 Å². The second-order valence-corrected chi connectivity index (χ2v) is 19.7. The van der Waals surface area contributed by atoms with Gasteiger partial charge in [-0.3, -0.25) is 5.32 Å². The Balaban J connectivity index is 0.000000266. The van der Waals surface area contributed by atoms with E-state index >= 15 is 0 Å². The normalized spacial score (nSPS) is 10.7. The molecule has 0 unspecified atom stereocenters. The van der Waals surface area contributed by atoms with E-state index < -0.39 is 35.1 Å². The summed E-state index contributed by atoms with van der Waals surface area (Å²) in [5.74, 6) is 0.745. The molecule has 3 amide bonds. The fraction of sp³-hybridized carbons (Fsp3) is 0.328. The molecule has 0 aliphatic rings. The maximum Gasteiger partial charge on any atom is 0.412 e. The lowest BCUT2D eigenvalue weighted by molar-refractivity contribution is 0.0512. The molecule has 0 saturated carbocycles. The molecule has 398 valence electrons. The van der Waals surface area contributed by atoms with Crippen LogP contribution < -0.4 is 53.8 Å². The number of carbonyl (C=O) groups is 3. The van der Waals surface area contributed by atoms with E-state index in [9.17, 15) is 14.4 Å². The third-order valence-corrected chi connectivity index (χ3v) is 9.88. The molecule has 0 aromatic heterocycles. The standard InChI is InChI=1S/C20H27N3O2.C14H17N3.C12H18N2O2.C12H17NO3/c1-20(2,3)25-19(24)23-14-16-7-5-6-8-18(16)22-13-15-9-11-17(21-4)12-10-15;15-9-12-3-1-2-4-14(12)17-10-11-5-7-13(16)8-6-11;1-12(2,3)16-11(15)14-8-9-6-4-5-7-10(9)13;1-12(2,3)16-11(14)13-9-5-7-10(15-4)8-6-9/h5-12,21-22H,13-14H2,1-4H3,(H,23,24);1-8,17H,9-10,15-16H2;4-7H,8,13H2,1-3H3,(H,14,15);5-8H,1-4H3,(H,13,14). The number of benzene rings is 6. The van der Waals surface area contributed by atoms with Crippen LogP contribution in [0.1, 0.15) is 90.1 Å². The van der Waals surface area contributed by atoms with Gasteiger partial charge in [0.15, 0.2) is 0 Å². The lowest BCUT2D eigenvalue weighted by atomic mass is 10.1. The summed E-state index contributed by atoms with van der Waals surface area (Å²) >= 11 is 0. The SMILES string of the molecule is CC(C)(C)OC(=O)NCc1ccccc1N.CNc1ccc(CNc2ccccc2CNC(=O)OC(C)(C)C)cc1.COc1ccc(NC(=O)OC(C)(C)C)cc1.NCc1ccccc1NCc1ccc(N)cc1. The Labute approximate surface area is 438 Å². The highest BCUT2D eigenvalue weighted by Gasteiger charge is 2.18. The van der Waals surface area contributed by atoms with Crippen molar-refractivity contribution in [2.45, 2.75) is 112 Å². The zero-order chi connectivity index (χ0) is 54.7. The predicted octanol–water partition coefficient (Wildman–Crippen LogP) is 12.0. The van der Waals surface area contributed by atoms with Crippen LogP contribution in [0.15, 0.2) is 146 Å². The Morgan fingerprint density at radius 2 is 0.878 bits per heavy atom. The van der Waals surface area contributed by atoms with Gasteiger partial charge in [0.2, 0.25) is 0 Å². The summed E-state index contributed by atoms with van der Waals surface area (Å²) in [4.78, 5) is 34.6. The van der Waals surface area contributed by atoms with Crippen molar-refractivity contribution in [2.24, 2.45) is 5.73 Å². The molecule has 0 fully saturated rings. The van der Waals surface area contributed by atoms with Crippen LogP contribution in [-0.4, -0.2) is 49.2 Å². The minimum Gasteiger partial charge on any atom is -0.497 e. The molecule has 0 radical (unpaired) electrons. The monoisotopic (exact) mass is 1010 g/mol. The molecular weight excluding hydrogens is 935 g/mol. The van der Waals surface area contributed by atoms with Gasteiger partial charge < -0.3 is 62.7 Å². The second kappa shape index (κ2) is 30.0. The Morgan fingerprint density at radius 3 is 1.34 bits per heavy atom. The van der Waals surface area contributed by atoms with Crippen LogP contribution in [0.25, 0.3) is 0 Å². The topological polar surface area (TPSA) is 238 Å². The summed E-state index contributed by atoms with van der Waals surface area (Å²) in [6, 6.07) is 46.6. The molecule has 16 heteroatoms. The first-order valence-corrected chi connectivity index (χ1v) is 24.3. The number of hydrogen-bond donors (Lipinski definition) is 9. The predicted molar refractivity (Wildman–Crippen MR) is 302 cm³/mol. The van der Waals surface area contributed by atoms with Gasteiger partial charge in [-0.05, 0) is 157 Å². The van der Waals surface area contributed by atoms with Gasteiger partial charge in [-0.1, -0.05) is 78.9 Å². The first-order valence-electron chi connectivity index (χ1n) is 24.3. The molecule has 6 aromatic rings. The summed E-state index contributed by atoms with van der Waals surface area (Å²) in [7, 11) is 3.50. The Kier molecular flexibility index (Phi) is 24.4. The van der Waals surface area contributed by atoms with E-state index in [4.69, 9.17) is 36.1 Å². The van der Waals surface area contributed by atoms with Gasteiger partial charge >= 0.3 is 18.3 Å². The average molecular weight is 1010 g/mol. The number of ether oxygens (including phenoxy) is 4. The molecule has 0 aliphatic heterocycles. The van der Waals surface area contributed by atoms with E-state index in [2.05, 4.69) is 44.0 Å². The summed E-state index contributed by atoms with van der Waals surface area (Å²) in [6.45, 7) is 19.3. The van der Waals surface area contributed by atoms with Crippen molar-refractivity contribution in [1.29, 1.82) is 0 Å². The third-order valence-electron chi connectivity index (χ3n) is 9.88. The van der Waals surface area contributed by atoms with E-state index in [-0.39, 0.29) is 0 Å². The van der Waals surface area contributed by atoms with Gasteiger partial charge in [-0.2, -0.15) is 0 Å². The highest BCUT2D eigenvalue weighted by atomic mass is 16.6. The highest BCUT2D eigenvalue weighted by Crippen LogP contribution is 2.20. The number of para-hydroxylation sites is 3. The number of hydrogen-bond acceptors (Lipinski definition) is 13. The molecule has 74 heavy (non-hydrogen) atoms. The summed E-state index contributed by atoms with van der Waals surface area (Å²) in [5.41, 5.74) is 26.3. The van der Waals surface area contributed by atoms with Crippen LogP contribution in [0.5, 0.6) is 5.75 Å². The van der Waals surface area contributed by atoms with Crippen LogP contribution in [0.4, 0.5) is 48.5 Å². The molecule has 6 rings (SSSR count). The quantitative estimate of drug-likeness (QED) is 0.0365. The summed E-state index contributed by atoms with van der Waals surface area (Å²) in [6.07, 6.45) is -1.31. The van der Waals surface area contributed by atoms with E-state index in [1.54, 1.807) is 37.4 Å². The number of anilines is 6. The molecular formula is C58H79N9O7. The van der Waals surface area contributed by atoms with Gasteiger partial charge in [0, 0.05) is 73.9 Å². The number of nitrogens with two attached hydrogens (primary N) is 3. The maximum absolute atomic E-state index is 11.8. The lowest BCUT2D eigenvalue weighted by Gasteiger charge is -2.20. The van der Waals surface area contributed by atoms with E-state index in [1.165, 1.54) is 11.1 Å². The van der Waals surface area contributed by atoms with Crippen molar-refractivity contribution in [1.82, 2.24) is 10.6 Å². The fourth-order valence-corrected chi connectivity index (χ4v) is 6.29. The zero-order valence-corrected chi connectivity index (χ0v) is 45.0. The van der Waals surface area contributed by atoms with E-state index in [0.717, 1.165) is 51.7 Å². The number of amides is 3. The van der Waals surface area contributed by atoms with Gasteiger partial charge in [0.05, 0.1) is 7.11 Å². The molecule has 0 bridgehead atoms. The smallest absolute Gasteiger partial charge is 0.412 e. The molecule has 0 atom stereocenters. The largest absolute Gasteiger partial charge is 0.497 e. The van der Waals surface area contributed by atoms with Gasteiger partial charge in [0.1, 0.15) is 22.6 Å². The van der Waals surface area contributed by atoms with E-state index in [1.807, 2.05) is 172 Å². The molecule has 12 N–H and O–H groups in total. The number of carbonyl (C=O) groups excluding carboxylic acids is 3. The van der Waals surface area contributed by atoms with Crippen molar-refractivity contribution in [3.8, 4) is 5.75 Å². The van der Waals surface area contributed by atoms with Crippen LogP contribution in [0.2, 0.25) is 0 Å². The van der Waals surface area contributed by atoms with Crippen molar-refractivity contribution >= 4 is 52.4 Å². The van der Waals surface area contributed by atoms with Crippen LogP contribution in [0, 0.1) is 0 Å². The molecule has 0 saturated heterocycles.